The molecule has 5 nitrogen and oxygen atoms in total. The smallest absolute Gasteiger partial charge is 0.188 e. The van der Waals surface area contributed by atoms with E-state index in [2.05, 4.69) is 17.2 Å². The van der Waals surface area contributed by atoms with Crippen molar-refractivity contribution in [2.24, 2.45) is 10.7 Å². The van der Waals surface area contributed by atoms with Gasteiger partial charge in [0.25, 0.3) is 0 Å². The molecule has 7 heteroatoms. The lowest BCUT2D eigenvalue weighted by Gasteiger charge is -2.17. The van der Waals surface area contributed by atoms with Crippen LogP contribution < -0.4 is 11.1 Å². The van der Waals surface area contributed by atoms with Gasteiger partial charge in [0.15, 0.2) is 15.8 Å². The van der Waals surface area contributed by atoms with E-state index < -0.39 is 9.84 Å². The molecule has 1 unspecified atom stereocenters. The number of unbranched alkanes of at least 4 members (excludes halogenated alkanes) is 3. The number of nitrogens with zero attached hydrogens (tertiary/aromatic N) is 1. The predicted molar refractivity (Wildman–Crippen MR) is 112 cm³/mol. The van der Waals surface area contributed by atoms with Gasteiger partial charge in [0.05, 0.1) is 10.6 Å². The quantitative estimate of drug-likeness (QED) is 0.239. The molecule has 0 spiro atoms. The van der Waals surface area contributed by atoms with Crippen LogP contribution in [0.15, 0.2) is 40.2 Å². The van der Waals surface area contributed by atoms with Crippen LogP contribution >= 0.6 is 24.0 Å². The van der Waals surface area contributed by atoms with Gasteiger partial charge in [-0.15, -0.1) is 24.0 Å². The van der Waals surface area contributed by atoms with Crippen molar-refractivity contribution in [3.63, 3.8) is 0 Å². The summed E-state index contributed by atoms with van der Waals surface area (Å²) >= 11 is 0. The number of rotatable bonds is 10. The third kappa shape index (κ3) is 8.86. The summed E-state index contributed by atoms with van der Waals surface area (Å²) in [6.07, 6.45) is 5.21. The van der Waals surface area contributed by atoms with E-state index in [1.807, 2.05) is 6.92 Å². The Morgan fingerprint density at radius 2 is 1.83 bits per heavy atom. The van der Waals surface area contributed by atoms with Gasteiger partial charge in [-0.05, 0) is 25.0 Å². The summed E-state index contributed by atoms with van der Waals surface area (Å²) in [7, 11) is -3.32. The average Bonchev–Trinajstić information content (AvgIpc) is 2.54. The summed E-state index contributed by atoms with van der Waals surface area (Å²) < 4.78 is 24.8. The van der Waals surface area contributed by atoms with Crippen LogP contribution in [0.4, 0.5) is 0 Å². The molecule has 0 aromatic heterocycles. The molecule has 0 aliphatic carbocycles. The van der Waals surface area contributed by atoms with Gasteiger partial charge in [-0.1, -0.05) is 51.3 Å². The van der Waals surface area contributed by atoms with Crippen LogP contribution in [0.3, 0.4) is 0 Å². The van der Waals surface area contributed by atoms with Crippen molar-refractivity contribution >= 4 is 39.8 Å². The molecular weight excluding hydrogens is 437 g/mol. The maximum Gasteiger partial charge on any atom is 0.188 e. The Kier molecular flexibility index (Phi) is 12.1. The van der Waals surface area contributed by atoms with Crippen LogP contribution in [-0.2, 0) is 9.84 Å². The lowest BCUT2D eigenvalue weighted by Crippen LogP contribution is -2.43. The van der Waals surface area contributed by atoms with Crippen molar-refractivity contribution in [3.8, 4) is 0 Å². The van der Waals surface area contributed by atoms with E-state index >= 15 is 0 Å². The SMILES string of the molecule is CCCCCCN=C(N)NC(CC)CS(=O)(=O)c1ccccc1.I. The fourth-order valence-corrected chi connectivity index (χ4v) is 3.86. The van der Waals surface area contributed by atoms with Gasteiger partial charge in [-0.2, -0.15) is 0 Å². The standard InChI is InChI=1S/C17H29N3O2S.HI/c1-3-5-6-10-13-19-17(18)20-15(4-2)14-23(21,22)16-11-8-7-9-12-16;/h7-9,11-12,15H,3-6,10,13-14H2,1-2H3,(H3,18,19,20);1H. The number of hydrogen-bond donors (Lipinski definition) is 2. The number of sulfone groups is 1. The lowest BCUT2D eigenvalue weighted by molar-refractivity contribution is 0.571. The summed E-state index contributed by atoms with van der Waals surface area (Å²) in [5.74, 6) is 0.344. The Hall–Kier alpha value is -0.830. The zero-order valence-corrected chi connectivity index (χ0v) is 17.7. The van der Waals surface area contributed by atoms with Crippen LogP contribution in [0.2, 0.25) is 0 Å². The number of nitrogens with one attached hydrogen (secondary N) is 1. The number of guanidine groups is 1. The highest BCUT2D eigenvalue weighted by Crippen LogP contribution is 2.12. The highest BCUT2D eigenvalue weighted by atomic mass is 127. The molecular formula is C17H30IN3O2S. The van der Waals surface area contributed by atoms with E-state index in [0.717, 1.165) is 12.8 Å². The highest BCUT2D eigenvalue weighted by molar-refractivity contribution is 14.0. The first-order valence-electron chi connectivity index (χ1n) is 8.33. The van der Waals surface area contributed by atoms with E-state index in [-0.39, 0.29) is 35.8 Å². The topological polar surface area (TPSA) is 84.5 Å². The normalized spacial score (nSPS) is 13.2. The Bertz CT molecular complexity index is 577. The first kappa shape index (κ1) is 23.2. The zero-order valence-electron chi connectivity index (χ0n) is 14.6. The van der Waals surface area contributed by atoms with E-state index in [9.17, 15) is 8.42 Å². The molecule has 0 saturated heterocycles. The van der Waals surface area contributed by atoms with Gasteiger partial charge in [0.2, 0.25) is 0 Å². The maximum absolute atomic E-state index is 12.4. The third-order valence-corrected chi connectivity index (χ3v) is 5.49. The average molecular weight is 467 g/mol. The Labute approximate surface area is 163 Å². The minimum atomic E-state index is -3.32. The van der Waals surface area contributed by atoms with Crippen LogP contribution in [-0.4, -0.2) is 32.7 Å². The van der Waals surface area contributed by atoms with Gasteiger partial charge < -0.3 is 11.1 Å². The van der Waals surface area contributed by atoms with E-state index in [0.29, 0.717) is 23.8 Å². The lowest BCUT2D eigenvalue weighted by atomic mass is 10.2. The van der Waals surface area contributed by atoms with Gasteiger partial charge in [0, 0.05) is 12.6 Å². The molecule has 1 atom stereocenters. The van der Waals surface area contributed by atoms with Crippen LogP contribution in [0.25, 0.3) is 0 Å². The Morgan fingerprint density at radius 1 is 1.17 bits per heavy atom. The van der Waals surface area contributed by atoms with E-state index in [1.165, 1.54) is 12.8 Å². The summed E-state index contributed by atoms with van der Waals surface area (Å²) in [5.41, 5.74) is 5.87. The fraction of sp³-hybridized carbons (Fsp3) is 0.588. The van der Waals surface area contributed by atoms with Crippen molar-refractivity contribution in [1.29, 1.82) is 0 Å². The third-order valence-electron chi connectivity index (χ3n) is 3.66. The predicted octanol–water partition coefficient (Wildman–Crippen LogP) is 3.34. The summed E-state index contributed by atoms with van der Waals surface area (Å²) in [4.78, 5) is 4.62. The molecule has 3 N–H and O–H groups in total. The van der Waals surface area contributed by atoms with E-state index in [1.54, 1.807) is 30.3 Å². The minimum Gasteiger partial charge on any atom is -0.370 e. The van der Waals surface area contributed by atoms with Crippen molar-refractivity contribution in [2.45, 2.75) is 56.9 Å². The monoisotopic (exact) mass is 467 g/mol. The number of hydrogen-bond acceptors (Lipinski definition) is 3. The van der Waals surface area contributed by atoms with Gasteiger partial charge >= 0.3 is 0 Å². The van der Waals surface area contributed by atoms with Crippen molar-refractivity contribution < 1.29 is 8.42 Å². The molecule has 24 heavy (non-hydrogen) atoms. The number of benzene rings is 1. The van der Waals surface area contributed by atoms with Gasteiger partial charge in [0.1, 0.15) is 0 Å². The molecule has 0 aliphatic heterocycles. The molecule has 0 aliphatic rings. The van der Waals surface area contributed by atoms with Gasteiger partial charge in [-0.25, -0.2) is 8.42 Å². The van der Waals surface area contributed by atoms with E-state index in [4.69, 9.17) is 5.73 Å². The zero-order chi connectivity index (χ0) is 17.1. The largest absolute Gasteiger partial charge is 0.370 e. The van der Waals surface area contributed by atoms with Crippen molar-refractivity contribution in [1.82, 2.24) is 5.32 Å². The molecule has 1 rings (SSSR count). The summed E-state index contributed by atoms with van der Waals surface area (Å²) in [6, 6.07) is 8.26. The summed E-state index contributed by atoms with van der Waals surface area (Å²) in [6.45, 7) is 4.78. The molecule has 0 fully saturated rings. The van der Waals surface area contributed by atoms with Crippen molar-refractivity contribution in [2.75, 3.05) is 12.3 Å². The van der Waals surface area contributed by atoms with Gasteiger partial charge in [-0.3, -0.25) is 4.99 Å². The molecule has 1 aromatic rings. The van der Waals surface area contributed by atoms with Crippen LogP contribution in [0.1, 0.15) is 46.0 Å². The molecule has 1 aromatic carbocycles. The highest BCUT2D eigenvalue weighted by Gasteiger charge is 2.20. The van der Waals surface area contributed by atoms with Crippen LogP contribution in [0, 0.1) is 0 Å². The number of aliphatic imine (C=N–C) groups is 1. The maximum atomic E-state index is 12.4. The second-order valence-electron chi connectivity index (χ2n) is 5.67. The second-order valence-corrected chi connectivity index (χ2v) is 7.71. The second kappa shape index (κ2) is 12.5. The first-order chi connectivity index (χ1) is 11.0. The van der Waals surface area contributed by atoms with Crippen molar-refractivity contribution in [3.05, 3.63) is 30.3 Å². The molecule has 0 saturated carbocycles. The fourth-order valence-electron chi connectivity index (χ4n) is 2.24. The molecule has 138 valence electrons. The minimum absolute atomic E-state index is 0. The number of nitrogens with two attached hydrogens (primary N) is 1. The molecule has 0 heterocycles. The van der Waals surface area contributed by atoms with Crippen LogP contribution in [0.5, 0.6) is 0 Å². The number of halogens is 1. The summed E-state index contributed by atoms with van der Waals surface area (Å²) in [5, 5.41) is 3.03. The Morgan fingerprint density at radius 3 is 2.42 bits per heavy atom. The first-order valence-corrected chi connectivity index (χ1v) is 9.99. The Balaban J connectivity index is 0.00000529. The molecule has 0 radical (unpaired) electrons. The molecule has 0 bridgehead atoms. The molecule has 0 amide bonds.